The molecule has 0 aliphatic carbocycles. The van der Waals surface area contributed by atoms with Crippen LogP contribution in [-0.2, 0) is 9.53 Å². The normalized spacial score (nSPS) is 12.5. The Bertz CT molecular complexity index is 149. The summed E-state index contributed by atoms with van der Waals surface area (Å²) in [5.41, 5.74) is 5.57. The molecule has 0 spiro atoms. The van der Waals surface area contributed by atoms with Crippen LogP contribution in [0.2, 0.25) is 0 Å². The molecule has 1 amide bonds. The SMILES string of the molecule is CCOCCNC(=O)CCCC(C)N. The first kappa shape index (κ1) is 13.4. The largest absolute Gasteiger partial charge is 0.380 e. The van der Waals surface area contributed by atoms with Gasteiger partial charge < -0.3 is 15.8 Å². The van der Waals surface area contributed by atoms with E-state index in [0.717, 1.165) is 12.8 Å². The van der Waals surface area contributed by atoms with E-state index in [1.807, 2.05) is 13.8 Å². The number of carbonyl (C=O) groups is 1. The van der Waals surface area contributed by atoms with Crippen molar-refractivity contribution < 1.29 is 9.53 Å². The minimum absolute atomic E-state index is 0.0883. The van der Waals surface area contributed by atoms with Crippen molar-refractivity contribution in [3.05, 3.63) is 0 Å². The molecule has 4 nitrogen and oxygen atoms in total. The van der Waals surface area contributed by atoms with Crippen molar-refractivity contribution in [1.29, 1.82) is 0 Å². The lowest BCUT2D eigenvalue weighted by molar-refractivity contribution is -0.121. The van der Waals surface area contributed by atoms with Crippen LogP contribution in [0.15, 0.2) is 0 Å². The van der Waals surface area contributed by atoms with Crippen LogP contribution >= 0.6 is 0 Å². The van der Waals surface area contributed by atoms with Crippen molar-refractivity contribution in [3.8, 4) is 0 Å². The third-order valence-corrected chi connectivity index (χ3v) is 1.84. The smallest absolute Gasteiger partial charge is 0.220 e. The van der Waals surface area contributed by atoms with Gasteiger partial charge in [0.05, 0.1) is 6.61 Å². The Labute approximate surface area is 86.2 Å². The monoisotopic (exact) mass is 202 g/mol. The van der Waals surface area contributed by atoms with Gasteiger partial charge in [0.25, 0.3) is 0 Å². The van der Waals surface area contributed by atoms with Gasteiger partial charge in [0.15, 0.2) is 0 Å². The second-order valence-corrected chi connectivity index (χ2v) is 3.42. The number of nitrogens with one attached hydrogen (secondary N) is 1. The van der Waals surface area contributed by atoms with Crippen molar-refractivity contribution >= 4 is 5.91 Å². The molecule has 0 aromatic heterocycles. The molecule has 1 atom stereocenters. The number of ether oxygens (including phenoxy) is 1. The van der Waals surface area contributed by atoms with E-state index in [1.165, 1.54) is 0 Å². The van der Waals surface area contributed by atoms with Crippen molar-refractivity contribution in [2.45, 2.75) is 39.2 Å². The first-order valence-corrected chi connectivity index (χ1v) is 5.26. The first-order chi connectivity index (χ1) is 6.66. The van der Waals surface area contributed by atoms with Crippen molar-refractivity contribution in [3.63, 3.8) is 0 Å². The van der Waals surface area contributed by atoms with E-state index < -0.39 is 0 Å². The zero-order chi connectivity index (χ0) is 10.8. The van der Waals surface area contributed by atoms with Crippen LogP contribution in [-0.4, -0.2) is 31.7 Å². The number of hydrogen-bond donors (Lipinski definition) is 2. The molecule has 84 valence electrons. The van der Waals surface area contributed by atoms with E-state index in [9.17, 15) is 4.79 Å². The summed E-state index contributed by atoms with van der Waals surface area (Å²) in [4.78, 5) is 11.2. The molecule has 14 heavy (non-hydrogen) atoms. The van der Waals surface area contributed by atoms with Gasteiger partial charge in [0.1, 0.15) is 0 Å². The number of nitrogens with two attached hydrogens (primary N) is 1. The van der Waals surface area contributed by atoms with Gasteiger partial charge in [-0.05, 0) is 26.7 Å². The molecule has 0 aliphatic heterocycles. The van der Waals surface area contributed by atoms with Gasteiger partial charge in [-0.25, -0.2) is 0 Å². The standard InChI is InChI=1S/C10H22N2O2/c1-3-14-8-7-12-10(13)6-4-5-9(2)11/h9H,3-8,11H2,1-2H3,(H,12,13). The summed E-state index contributed by atoms with van der Waals surface area (Å²) in [6, 6.07) is 0.186. The second-order valence-electron chi connectivity index (χ2n) is 3.42. The molecule has 0 heterocycles. The Morgan fingerprint density at radius 1 is 1.57 bits per heavy atom. The summed E-state index contributed by atoms with van der Waals surface area (Å²) in [6.45, 7) is 5.78. The van der Waals surface area contributed by atoms with Crippen LogP contribution in [0.5, 0.6) is 0 Å². The molecule has 0 saturated heterocycles. The highest BCUT2D eigenvalue weighted by atomic mass is 16.5. The molecule has 0 rings (SSSR count). The topological polar surface area (TPSA) is 64.3 Å². The predicted octanol–water partition coefficient (Wildman–Crippen LogP) is 0.657. The van der Waals surface area contributed by atoms with Crippen LogP contribution in [0.25, 0.3) is 0 Å². The third kappa shape index (κ3) is 9.48. The fourth-order valence-electron chi connectivity index (χ4n) is 1.08. The van der Waals surface area contributed by atoms with Gasteiger partial charge in [0.2, 0.25) is 5.91 Å². The van der Waals surface area contributed by atoms with E-state index in [0.29, 0.717) is 26.2 Å². The minimum Gasteiger partial charge on any atom is -0.380 e. The molecular formula is C10H22N2O2. The summed E-state index contributed by atoms with van der Waals surface area (Å²) in [5, 5.41) is 2.79. The molecule has 0 aromatic carbocycles. The summed E-state index contributed by atoms with van der Waals surface area (Å²) in [6.07, 6.45) is 2.32. The maximum absolute atomic E-state index is 11.2. The highest BCUT2D eigenvalue weighted by Gasteiger charge is 2.01. The van der Waals surface area contributed by atoms with E-state index in [-0.39, 0.29) is 11.9 Å². The molecule has 0 fully saturated rings. The maximum atomic E-state index is 11.2. The van der Waals surface area contributed by atoms with E-state index in [4.69, 9.17) is 10.5 Å². The Morgan fingerprint density at radius 2 is 2.29 bits per heavy atom. The number of rotatable bonds is 8. The quantitative estimate of drug-likeness (QED) is 0.568. The summed E-state index contributed by atoms with van der Waals surface area (Å²) >= 11 is 0. The van der Waals surface area contributed by atoms with Gasteiger partial charge in [-0.3, -0.25) is 4.79 Å². The van der Waals surface area contributed by atoms with E-state index >= 15 is 0 Å². The maximum Gasteiger partial charge on any atom is 0.220 e. The fourth-order valence-corrected chi connectivity index (χ4v) is 1.08. The number of amides is 1. The van der Waals surface area contributed by atoms with E-state index in [1.54, 1.807) is 0 Å². The molecular weight excluding hydrogens is 180 g/mol. The van der Waals surface area contributed by atoms with Crippen LogP contribution in [0, 0.1) is 0 Å². The lowest BCUT2D eigenvalue weighted by Crippen LogP contribution is -2.27. The van der Waals surface area contributed by atoms with Crippen molar-refractivity contribution in [2.24, 2.45) is 5.73 Å². The molecule has 3 N–H and O–H groups in total. The number of carbonyl (C=O) groups excluding carboxylic acids is 1. The van der Waals surface area contributed by atoms with Gasteiger partial charge in [-0.2, -0.15) is 0 Å². The molecule has 4 heteroatoms. The molecule has 0 bridgehead atoms. The van der Waals surface area contributed by atoms with E-state index in [2.05, 4.69) is 5.32 Å². The molecule has 0 aliphatic rings. The van der Waals surface area contributed by atoms with Crippen LogP contribution < -0.4 is 11.1 Å². The second kappa shape index (κ2) is 8.97. The average molecular weight is 202 g/mol. The van der Waals surface area contributed by atoms with Crippen molar-refractivity contribution in [1.82, 2.24) is 5.32 Å². The summed E-state index contributed by atoms with van der Waals surface area (Å²) < 4.78 is 5.09. The number of hydrogen-bond acceptors (Lipinski definition) is 3. The van der Waals surface area contributed by atoms with Gasteiger partial charge in [0, 0.05) is 25.6 Å². The lowest BCUT2D eigenvalue weighted by atomic mass is 10.1. The predicted molar refractivity (Wildman–Crippen MR) is 57.0 cm³/mol. The zero-order valence-corrected chi connectivity index (χ0v) is 9.21. The van der Waals surface area contributed by atoms with Gasteiger partial charge in [-0.15, -0.1) is 0 Å². The summed E-state index contributed by atoms with van der Waals surface area (Å²) in [7, 11) is 0. The Morgan fingerprint density at radius 3 is 2.86 bits per heavy atom. The van der Waals surface area contributed by atoms with Gasteiger partial charge >= 0.3 is 0 Å². The Balaban J connectivity index is 3.20. The van der Waals surface area contributed by atoms with Crippen LogP contribution in [0.1, 0.15) is 33.1 Å². The van der Waals surface area contributed by atoms with Crippen molar-refractivity contribution in [2.75, 3.05) is 19.8 Å². The van der Waals surface area contributed by atoms with Crippen LogP contribution in [0.4, 0.5) is 0 Å². The van der Waals surface area contributed by atoms with Crippen LogP contribution in [0.3, 0.4) is 0 Å². The minimum atomic E-state index is 0.0883. The Hall–Kier alpha value is -0.610. The molecule has 0 saturated carbocycles. The average Bonchev–Trinajstić information content (AvgIpc) is 2.12. The lowest BCUT2D eigenvalue weighted by Gasteiger charge is -2.06. The van der Waals surface area contributed by atoms with Gasteiger partial charge in [-0.1, -0.05) is 0 Å². The molecule has 1 unspecified atom stereocenters. The Kier molecular flexibility index (Phi) is 8.57. The summed E-state index contributed by atoms with van der Waals surface area (Å²) in [5.74, 6) is 0.0883. The third-order valence-electron chi connectivity index (χ3n) is 1.84. The highest BCUT2D eigenvalue weighted by Crippen LogP contribution is 1.97. The fraction of sp³-hybridized carbons (Fsp3) is 0.900. The zero-order valence-electron chi connectivity index (χ0n) is 9.21. The molecule has 0 aromatic rings. The molecule has 0 radical (unpaired) electrons. The highest BCUT2D eigenvalue weighted by molar-refractivity contribution is 5.75. The first-order valence-electron chi connectivity index (χ1n) is 5.26.